The molecule has 0 bridgehead atoms. The van der Waals surface area contributed by atoms with Gasteiger partial charge < -0.3 is 10.1 Å². The Kier molecular flexibility index (Phi) is 4.79. The fourth-order valence-electron chi connectivity index (χ4n) is 2.17. The van der Waals surface area contributed by atoms with Crippen molar-refractivity contribution in [3.05, 3.63) is 58.3 Å². The summed E-state index contributed by atoms with van der Waals surface area (Å²) >= 11 is 7.82. The largest absolute Gasteiger partial charge is 0.495 e. The number of halogens is 1. The van der Waals surface area contributed by atoms with Gasteiger partial charge in [-0.3, -0.25) is 4.98 Å². The molecule has 0 atom stereocenters. The SMILES string of the molecule is COc1ccc(-c2ncc(CNc3ccnc(C)c3)s2)cc1Cl. The Morgan fingerprint density at radius 2 is 2.09 bits per heavy atom. The van der Waals surface area contributed by atoms with E-state index in [1.165, 1.54) is 0 Å². The number of thiazole rings is 1. The van der Waals surface area contributed by atoms with Crippen LogP contribution in [0.4, 0.5) is 5.69 Å². The van der Waals surface area contributed by atoms with Gasteiger partial charge in [-0.25, -0.2) is 4.98 Å². The third-order valence-electron chi connectivity index (χ3n) is 3.32. The van der Waals surface area contributed by atoms with Crippen molar-refractivity contribution in [1.82, 2.24) is 9.97 Å². The quantitative estimate of drug-likeness (QED) is 0.722. The summed E-state index contributed by atoms with van der Waals surface area (Å²) in [6.07, 6.45) is 3.69. The third kappa shape index (κ3) is 3.81. The fraction of sp³-hybridized carbons (Fsp3) is 0.176. The number of ether oxygens (including phenoxy) is 1. The molecule has 0 unspecified atom stereocenters. The number of nitrogens with zero attached hydrogens (tertiary/aromatic N) is 2. The first-order chi connectivity index (χ1) is 11.2. The third-order valence-corrected chi connectivity index (χ3v) is 4.66. The first kappa shape index (κ1) is 15.8. The van der Waals surface area contributed by atoms with Crippen LogP contribution in [-0.4, -0.2) is 17.1 Å². The van der Waals surface area contributed by atoms with Gasteiger partial charge in [-0.1, -0.05) is 11.6 Å². The van der Waals surface area contributed by atoms with Crippen LogP contribution in [0.2, 0.25) is 5.02 Å². The lowest BCUT2D eigenvalue weighted by Crippen LogP contribution is -1.97. The summed E-state index contributed by atoms with van der Waals surface area (Å²) in [5, 5.41) is 4.91. The van der Waals surface area contributed by atoms with Crippen LogP contribution >= 0.6 is 22.9 Å². The Bertz CT molecular complexity index is 819. The number of pyridine rings is 1. The molecule has 0 radical (unpaired) electrons. The van der Waals surface area contributed by atoms with Gasteiger partial charge in [-0.2, -0.15) is 0 Å². The molecule has 0 aliphatic rings. The standard InChI is InChI=1S/C17H16ClN3OS/c1-11-7-13(5-6-19-11)20-9-14-10-21-17(23-14)12-3-4-16(22-2)15(18)8-12/h3-8,10H,9H2,1-2H3,(H,19,20). The van der Waals surface area contributed by atoms with E-state index in [0.29, 0.717) is 10.8 Å². The Morgan fingerprint density at radius 3 is 2.83 bits per heavy atom. The molecule has 6 heteroatoms. The van der Waals surface area contributed by atoms with Crippen molar-refractivity contribution < 1.29 is 4.74 Å². The summed E-state index contributed by atoms with van der Waals surface area (Å²) in [6.45, 7) is 2.70. The Balaban J connectivity index is 1.71. The van der Waals surface area contributed by atoms with Crippen LogP contribution in [0.3, 0.4) is 0 Å². The highest BCUT2D eigenvalue weighted by Crippen LogP contribution is 2.32. The van der Waals surface area contributed by atoms with Crippen molar-refractivity contribution in [1.29, 1.82) is 0 Å². The average Bonchev–Trinajstić information content (AvgIpc) is 3.02. The maximum absolute atomic E-state index is 6.18. The molecule has 3 aromatic rings. The van der Waals surface area contributed by atoms with Crippen LogP contribution in [-0.2, 0) is 6.54 Å². The minimum Gasteiger partial charge on any atom is -0.495 e. The van der Waals surface area contributed by atoms with Gasteiger partial charge in [0, 0.05) is 34.2 Å². The highest BCUT2D eigenvalue weighted by Gasteiger charge is 2.08. The number of anilines is 1. The van der Waals surface area contributed by atoms with Crippen molar-refractivity contribution in [2.24, 2.45) is 0 Å². The first-order valence-electron chi connectivity index (χ1n) is 7.11. The van der Waals surface area contributed by atoms with E-state index in [-0.39, 0.29) is 0 Å². The number of hydrogen-bond acceptors (Lipinski definition) is 5. The smallest absolute Gasteiger partial charge is 0.137 e. The van der Waals surface area contributed by atoms with E-state index in [1.54, 1.807) is 24.6 Å². The summed E-state index contributed by atoms with van der Waals surface area (Å²) in [6, 6.07) is 9.68. The zero-order chi connectivity index (χ0) is 16.2. The molecule has 0 aliphatic carbocycles. The molecule has 0 fully saturated rings. The van der Waals surface area contributed by atoms with Gasteiger partial charge >= 0.3 is 0 Å². The average molecular weight is 346 g/mol. The minimum atomic E-state index is 0.590. The summed E-state index contributed by atoms with van der Waals surface area (Å²) < 4.78 is 5.17. The van der Waals surface area contributed by atoms with E-state index >= 15 is 0 Å². The highest BCUT2D eigenvalue weighted by atomic mass is 35.5. The monoisotopic (exact) mass is 345 g/mol. The molecule has 1 aromatic carbocycles. The highest BCUT2D eigenvalue weighted by molar-refractivity contribution is 7.15. The molecular weight excluding hydrogens is 330 g/mol. The lowest BCUT2D eigenvalue weighted by Gasteiger charge is -2.05. The molecule has 0 spiro atoms. The van der Waals surface area contributed by atoms with Gasteiger partial charge in [0.25, 0.3) is 0 Å². The summed E-state index contributed by atoms with van der Waals surface area (Å²) in [4.78, 5) is 9.82. The molecule has 23 heavy (non-hydrogen) atoms. The van der Waals surface area contributed by atoms with Crippen molar-refractivity contribution >= 4 is 28.6 Å². The van der Waals surface area contributed by atoms with E-state index in [9.17, 15) is 0 Å². The van der Waals surface area contributed by atoms with Crippen LogP contribution in [0.25, 0.3) is 10.6 Å². The van der Waals surface area contributed by atoms with Crippen LogP contribution in [0, 0.1) is 6.92 Å². The molecule has 0 saturated carbocycles. The zero-order valence-electron chi connectivity index (χ0n) is 12.8. The van der Waals surface area contributed by atoms with Gasteiger partial charge in [0.05, 0.1) is 18.7 Å². The second-order valence-electron chi connectivity index (χ2n) is 5.02. The molecule has 118 valence electrons. The predicted molar refractivity (Wildman–Crippen MR) is 95.4 cm³/mol. The topological polar surface area (TPSA) is 47.0 Å². The van der Waals surface area contributed by atoms with E-state index in [0.717, 1.165) is 33.4 Å². The zero-order valence-corrected chi connectivity index (χ0v) is 14.4. The second kappa shape index (κ2) is 6.98. The van der Waals surface area contributed by atoms with E-state index in [1.807, 2.05) is 43.5 Å². The van der Waals surface area contributed by atoms with Gasteiger partial charge in [0.15, 0.2) is 0 Å². The molecule has 0 saturated heterocycles. The summed E-state index contributed by atoms with van der Waals surface area (Å²) in [5.74, 6) is 0.668. The van der Waals surface area contributed by atoms with Gasteiger partial charge in [0.1, 0.15) is 10.8 Å². The summed E-state index contributed by atoms with van der Waals surface area (Å²) in [5.41, 5.74) is 3.04. The molecule has 3 rings (SSSR count). The normalized spacial score (nSPS) is 10.6. The Labute approximate surface area is 144 Å². The number of rotatable bonds is 5. The van der Waals surface area contributed by atoms with Crippen LogP contribution < -0.4 is 10.1 Å². The van der Waals surface area contributed by atoms with E-state index in [4.69, 9.17) is 16.3 Å². The second-order valence-corrected chi connectivity index (χ2v) is 6.54. The lowest BCUT2D eigenvalue weighted by atomic mass is 10.2. The number of hydrogen-bond donors (Lipinski definition) is 1. The van der Waals surface area contributed by atoms with Gasteiger partial charge in [0.2, 0.25) is 0 Å². The van der Waals surface area contributed by atoms with Crippen molar-refractivity contribution in [3.63, 3.8) is 0 Å². The Hall–Kier alpha value is -2.11. The number of methoxy groups -OCH3 is 1. The van der Waals surface area contributed by atoms with Crippen molar-refractivity contribution in [3.8, 4) is 16.3 Å². The Morgan fingerprint density at radius 1 is 1.22 bits per heavy atom. The number of aryl methyl sites for hydroxylation is 1. The molecule has 2 heterocycles. The predicted octanol–water partition coefficient (Wildman–Crippen LogP) is 4.79. The fourth-order valence-corrected chi connectivity index (χ4v) is 3.27. The molecule has 1 N–H and O–H groups in total. The number of aromatic nitrogens is 2. The molecule has 0 amide bonds. The number of benzene rings is 1. The minimum absolute atomic E-state index is 0.590. The number of nitrogens with one attached hydrogen (secondary N) is 1. The van der Waals surface area contributed by atoms with Crippen molar-refractivity contribution in [2.75, 3.05) is 12.4 Å². The van der Waals surface area contributed by atoms with E-state index < -0.39 is 0 Å². The molecule has 4 nitrogen and oxygen atoms in total. The van der Waals surface area contributed by atoms with Gasteiger partial charge in [-0.15, -0.1) is 11.3 Å². The van der Waals surface area contributed by atoms with Crippen molar-refractivity contribution in [2.45, 2.75) is 13.5 Å². The molecule has 2 aromatic heterocycles. The van der Waals surface area contributed by atoms with Gasteiger partial charge in [-0.05, 0) is 37.3 Å². The van der Waals surface area contributed by atoms with Crippen LogP contribution in [0.5, 0.6) is 5.75 Å². The van der Waals surface area contributed by atoms with E-state index in [2.05, 4.69) is 15.3 Å². The maximum atomic E-state index is 6.18. The van der Waals surface area contributed by atoms with Crippen LogP contribution in [0.15, 0.2) is 42.7 Å². The molecular formula is C17H16ClN3OS. The first-order valence-corrected chi connectivity index (χ1v) is 8.30. The maximum Gasteiger partial charge on any atom is 0.137 e. The van der Waals surface area contributed by atoms with Crippen LogP contribution in [0.1, 0.15) is 10.6 Å². The molecule has 0 aliphatic heterocycles. The summed E-state index contributed by atoms with van der Waals surface area (Å²) in [7, 11) is 1.61. The lowest BCUT2D eigenvalue weighted by molar-refractivity contribution is 0.415.